The number of anilines is 2. The highest BCUT2D eigenvalue weighted by molar-refractivity contribution is 5.94. The molecule has 1 unspecified atom stereocenters. The Morgan fingerprint density at radius 2 is 1.78 bits per heavy atom. The molecule has 1 fully saturated rings. The molecule has 4 nitrogen and oxygen atoms in total. The lowest BCUT2D eigenvalue weighted by molar-refractivity contribution is -0.124. The van der Waals surface area contributed by atoms with Gasteiger partial charge in [-0.2, -0.15) is 0 Å². The molecule has 1 aliphatic heterocycles. The van der Waals surface area contributed by atoms with Gasteiger partial charge in [-0.15, -0.1) is 0 Å². The highest BCUT2D eigenvalue weighted by Gasteiger charge is 2.23. The first-order chi connectivity index (χ1) is 11.3. The third-order valence-corrected chi connectivity index (χ3v) is 3.96. The van der Waals surface area contributed by atoms with Gasteiger partial charge in [-0.25, -0.2) is 0 Å². The smallest absolute Gasteiger partial charge is 0.253 e. The summed E-state index contributed by atoms with van der Waals surface area (Å²) in [5.41, 5.74) is 3.18. The van der Waals surface area contributed by atoms with E-state index in [0.717, 1.165) is 37.2 Å². The molecular weight excluding hydrogens is 288 g/mol. The van der Waals surface area contributed by atoms with Gasteiger partial charge in [-0.1, -0.05) is 30.3 Å². The van der Waals surface area contributed by atoms with Crippen LogP contribution >= 0.6 is 0 Å². The second kappa shape index (κ2) is 7.79. The summed E-state index contributed by atoms with van der Waals surface area (Å²) >= 11 is 0. The molecule has 1 amide bonds. The third-order valence-electron chi connectivity index (χ3n) is 3.96. The molecule has 1 saturated heterocycles. The maximum atomic E-state index is 12.0. The fourth-order valence-electron chi connectivity index (χ4n) is 2.67. The standard InChI is InChI=1S/C19H22N2O2/c22-19(18-7-4-14-23-18)21-17-10-8-16(9-11-17)20-13-12-15-5-2-1-3-6-15/h1-3,5-6,8-11,18,20H,4,7,12-14H2,(H,21,22). The van der Waals surface area contributed by atoms with Crippen LogP contribution in [0.25, 0.3) is 0 Å². The molecule has 0 bridgehead atoms. The Labute approximate surface area is 136 Å². The zero-order valence-corrected chi connectivity index (χ0v) is 13.1. The van der Waals surface area contributed by atoms with Crippen molar-refractivity contribution in [2.45, 2.75) is 25.4 Å². The second-order valence-electron chi connectivity index (χ2n) is 5.73. The summed E-state index contributed by atoms with van der Waals surface area (Å²) in [6, 6.07) is 18.2. The van der Waals surface area contributed by atoms with E-state index in [1.807, 2.05) is 30.3 Å². The second-order valence-corrected chi connectivity index (χ2v) is 5.73. The van der Waals surface area contributed by atoms with Crippen molar-refractivity contribution >= 4 is 17.3 Å². The van der Waals surface area contributed by atoms with Gasteiger partial charge in [0.05, 0.1) is 0 Å². The molecule has 4 heteroatoms. The Hall–Kier alpha value is -2.33. The largest absolute Gasteiger partial charge is 0.385 e. The van der Waals surface area contributed by atoms with Crippen LogP contribution in [0.3, 0.4) is 0 Å². The number of amides is 1. The highest BCUT2D eigenvalue weighted by Crippen LogP contribution is 2.17. The lowest BCUT2D eigenvalue weighted by Gasteiger charge is -2.11. The number of carbonyl (C=O) groups excluding carboxylic acids is 1. The maximum Gasteiger partial charge on any atom is 0.253 e. The summed E-state index contributed by atoms with van der Waals surface area (Å²) in [6.45, 7) is 1.56. The molecule has 2 N–H and O–H groups in total. The summed E-state index contributed by atoms with van der Waals surface area (Å²) in [5, 5.41) is 6.29. The van der Waals surface area contributed by atoms with E-state index in [4.69, 9.17) is 4.74 Å². The Morgan fingerprint density at radius 3 is 2.48 bits per heavy atom. The number of hydrogen-bond acceptors (Lipinski definition) is 3. The van der Waals surface area contributed by atoms with Crippen molar-refractivity contribution in [1.82, 2.24) is 0 Å². The number of benzene rings is 2. The summed E-state index contributed by atoms with van der Waals surface area (Å²) in [7, 11) is 0. The van der Waals surface area contributed by atoms with Gasteiger partial charge in [0.25, 0.3) is 5.91 Å². The first-order valence-corrected chi connectivity index (χ1v) is 8.11. The Bertz CT molecular complexity index is 620. The number of hydrogen-bond donors (Lipinski definition) is 2. The predicted octanol–water partition coefficient (Wildman–Crippen LogP) is 3.46. The highest BCUT2D eigenvalue weighted by atomic mass is 16.5. The molecule has 1 aliphatic rings. The van der Waals surface area contributed by atoms with Gasteiger partial charge < -0.3 is 15.4 Å². The lowest BCUT2D eigenvalue weighted by atomic mass is 10.1. The van der Waals surface area contributed by atoms with Gasteiger partial charge in [0.1, 0.15) is 6.10 Å². The minimum Gasteiger partial charge on any atom is -0.385 e. The number of rotatable bonds is 6. The summed E-state index contributed by atoms with van der Waals surface area (Å²) in [4.78, 5) is 12.0. The van der Waals surface area contributed by atoms with E-state index in [1.165, 1.54) is 5.56 Å². The van der Waals surface area contributed by atoms with E-state index in [-0.39, 0.29) is 12.0 Å². The molecule has 2 aromatic carbocycles. The van der Waals surface area contributed by atoms with Gasteiger partial charge in [0, 0.05) is 24.5 Å². The monoisotopic (exact) mass is 310 g/mol. The fourth-order valence-corrected chi connectivity index (χ4v) is 2.67. The number of ether oxygens (including phenoxy) is 1. The first kappa shape index (κ1) is 15.6. The summed E-state index contributed by atoms with van der Waals surface area (Å²) < 4.78 is 5.38. The quantitative estimate of drug-likeness (QED) is 0.859. The van der Waals surface area contributed by atoms with Crippen molar-refractivity contribution in [3.63, 3.8) is 0 Å². The van der Waals surface area contributed by atoms with Crippen molar-refractivity contribution in [3.05, 3.63) is 60.2 Å². The minimum atomic E-state index is -0.293. The molecule has 1 atom stereocenters. The topological polar surface area (TPSA) is 50.4 Å². The van der Waals surface area contributed by atoms with Crippen molar-refractivity contribution in [2.24, 2.45) is 0 Å². The molecule has 3 rings (SSSR count). The number of nitrogens with one attached hydrogen (secondary N) is 2. The van der Waals surface area contributed by atoms with Crippen LogP contribution < -0.4 is 10.6 Å². The van der Waals surface area contributed by atoms with Crippen LogP contribution in [0.1, 0.15) is 18.4 Å². The normalized spacial score (nSPS) is 17.0. The van der Waals surface area contributed by atoms with Crippen LogP contribution in [0.15, 0.2) is 54.6 Å². The Balaban J connectivity index is 1.46. The molecule has 120 valence electrons. The van der Waals surface area contributed by atoms with E-state index in [1.54, 1.807) is 0 Å². The summed E-state index contributed by atoms with van der Waals surface area (Å²) in [5.74, 6) is -0.0488. The summed E-state index contributed by atoms with van der Waals surface area (Å²) in [6.07, 6.45) is 2.46. The fraction of sp³-hybridized carbons (Fsp3) is 0.316. The Morgan fingerprint density at radius 1 is 1.04 bits per heavy atom. The molecule has 0 radical (unpaired) electrons. The van der Waals surface area contributed by atoms with Crippen molar-refractivity contribution in [3.8, 4) is 0 Å². The zero-order chi connectivity index (χ0) is 15.9. The van der Waals surface area contributed by atoms with Crippen LogP contribution in [0, 0.1) is 0 Å². The van der Waals surface area contributed by atoms with Gasteiger partial charge >= 0.3 is 0 Å². The average Bonchev–Trinajstić information content (AvgIpc) is 3.12. The van der Waals surface area contributed by atoms with Gasteiger partial charge in [-0.05, 0) is 49.1 Å². The number of carbonyl (C=O) groups is 1. The predicted molar refractivity (Wildman–Crippen MR) is 92.7 cm³/mol. The van der Waals surface area contributed by atoms with Crippen molar-refractivity contribution in [2.75, 3.05) is 23.8 Å². The zero-order valence-electron chi connectivity index (χ0n) is 13.1. The molecule has 1 heterocycles. The molecule has 0 aliphatic carbocycles. The average molecular weight is 310 g/mol. The molecule has 0 aromatic heterocycles. The molecule has 23 heavy (non-hydrogen) atoms. The molecule has 2 aromatic rings. The third kappa shape index (κ3) is 4.57. The van der Waals surface area contributed by atoms with Gasteiger partial charge in [0.2, 0.25) is 0 Å². The van der Waals surface area contributed by atoms with Gasteiger partial charge in [-0.3, -0.25) is 4.79 Å². The van der Waals surface area contributed by atoms with Crippen LogP contribution in [-0.2, 0) is 16.0 Å². The van der Waals surface area contributed by atoms with Crippen LogP contribution in [0.2, 0.25) is 0 Å². The van der Waals surface area contributed by atoms with Crippen LogP contribution in [-0.4, -0.2) is 25.2 Å². The lowest BCUT2D eigenvalue weighted by Crippen LogP contribution is -2.26. The SMILES string of the molecule is O=C(Nc1ccc(NCCc2ccccc2)cc1)C1CCCO1. The van der Waals surface area contributed by atoms with Crippen molar-refractivity contribution < 1.29 is 9.53 Å². The van der Waals surface area contributed by atoms with Crippen LogP contribution in [0.4, 0.5) is 11.4 Å². The van der Waals surface area contributed by atoms with E-state index < -0.39 is 0 Å². The molecule has 0 spiro atoms. The maximum absolute atomic E-state index is 12.0. The molecular formula is C19H22N2O2. The van der Waals surface area contributed by atoms with E-state index in [0.29, 0.717) is 6.61 Å². The van der Waals surface area contributed by atoms with E-state index >= 15 is 0 Å². The van der Waals surface area contributed by atoms with Crippen molar-refractivity contribution in [1.29, 1.82) is 0 Å². The van der Waals surface area contributed by atoms with E-state index in [9.17, 15) is 4.79 Å². The Kier molecular flexibility index (Phi) is 5.27. The van der Waals surface area contributed by atoms with Crippen LogP contribution in [0.5, 0.6) is 0 Å². The minimum absolute atomic E-state index is 0.0488. The van der Waals surface area contributed by atoms with Gasteiger partial charge in [0.15, 0.2) is 0 Å². The first-order valence-electron chi connectivity index (χ1n) is 8.11. The van der Waals surface area contributed by atoms with E-state index in [2.05, 4.69) is 34.9 Å². The molecule has 0 saturated carbocycles.